The second-order valence-corrected chi connectivity index (χ2v) is 4.60. The van der Waals surface area contributed by atoms with Crippen LogP contribution in [0, 0.1) is 0 Å². The minimum Gasteiger partial charge on any atom is -0.480 e. The quantitative estimate of drug-likeness (QED) is 0.947. The Morgan fingerprint density at radius 1 is 1.41 bits per heavy atom. The Labute approximate surface area is 111 Å². The summed E-state index contributed by atoms with van der Waals surface area (Å²) in [5.74, 6) is -0.911. The van der Waals surface area contributed by atoms with Crippen LogP contribution in [0.1, 0.15) is 0 Å². The number of imidazole rings is 1. The normalized spacial score (nSPS) is 10.5. The molecule has 1 N–H and O–H groups in total. The van der Waals surface area contributed by atoms with Gasteiger partial charge < -0.3 is 9.67 Å². The van der Waals surface area contributed by atoms with Gasteiger partial charge in [-0.05, 0) is 28.1 Å². The molecule has 0 fully saturated rings. The number of hydrogen-bond donors (Lipinski definition) is 1. The lowest BCUT2D eigenvalue weighted by atomic mass is 10.2. The van der Waals surface area contributed by atoms with Crippen LogP contribution < -0.4 is 0 Å². The van der Waals surface area contributed by atoms with Crippen LogP contribution in [0.4, 0.5) is 0 Å². The first-order valence-corrected chi connectivity index (χ1v) is 5.93. The summed E-state index contributed by atoms with van der Waals surface area (Å²) >= 11 is 9.14. The molecule has 0 atom stereocenters. The van der Waals surface area contributed by atoms with Crippen LogP contribution in [-0.4, -0.2) is 20.6 Å². The average Bonchev–Trinajstić information content (AvgIpc) is 2.61. The average molecular weight is 316 g/mol. The van der Waals surface area contributed by atoms with E-state index < -0.39 is 5.97 Å². The molecule has 17 heavy (non-hydrogen) atoms. The molecular formula is C11H8BrClN2O2. The maximum Gasteiger partial charge on any atom is 0.323 e. The van der Waals surface area contributed by atoms with Crippen molar-refractivity contribution in [2.45, 2.75) is 6.54 Å². The second-order valence-electron chi connectivity index (χ2n) is 3.41. The summed E-state index contributed by atoms with van der Waals surface area (Å²) < 4.78 is 2.16. The summed E-state index contributed by atoms with van der Waals surface area (Å²) in [5, 5.41) is 9.37. The third kappa shape index (κ3) is 2.68. The molecule has 1 heterocycles. The summed E-state index contributed by atoms with van der Waals surface area (Å²) in [7, 11) is 0. The number of carbonyl (C=O) groups is 1. The Bertz CT molecular complexity index is 551. The third-order valence-corrected chi connectivity index (χ3v) is 3.28. The van der Waals surface area contributed by atoms with Gasteiger partial charge in [0.25, 0.3) is 0 Å². The van der Waals surface area contributed by atoms with E-state index >= 15 is 0 Å². The summed E-state index contributed by atoms with van der Waals surface area (Å²) in [6.07, 6.45) is 1.49. The fraction of sp³-hybridized carbons (Fsp3) is 0.0909. The largest absolute Gasteiger partial charge is 0.480 e. The Morgan fingerprint density at radius 2 is 2.06 bits per heavy atom. The van der Waals surface area contributed by atoms with Gasteiger partial charge in [-0.15, -0.1) is 0 Å². The van der Waals surface area contributed by atoms with Crippen LogP contribution in [0.5, 0.6) is 0 Å². The number of aliphatic carboxylic acids is 1. The van der Waals surface area contributed by atoms with Crippen molar-refractivity contribution in [2.24, 2.45) is 0 Å². The zero-order valence-electron chi connectivity index (χ0n) is 8.60. The Kier molecular flexibility index (Phi) is 3.49. The van der Waals surface area contributed by atoms with E-state index in [4.69, 9.17) is 16.7 Å². The molecule has 2 aromatic rings. The van der Waals surface area contributed by atoms with Crippen molar-refractivity contribution in [1.29, 1.82) is 0 Å². The molecule has 0 saturated heterocycles. The first-order valence-electron chi connectivity index (χ1n) is 4.76. The molecule has 1 aromatic carbocycles. The number of carboxylic acid groups (broad SMARTS) is 1. The number of halogens is 2. The van der Waals surface area contributed by atoms with Crippen molar-refractivity contribution >= 4 is 33.5 Å². The highest BCUT2D eigenvalue weighted by Gasteiger charge is 2.11. The van der Waals surface area contributed by atoms with Crippen LogP contribution in [0.25, 0.3) is 11.3 Å². The lowest BCUT2D eigenvalue weighted by Crippen LogP contribution is -2.07. The molecule has 0 unspecified atom stereocenters. The number of carboxylic acids is 1. The maximum absolute atomic E-state index is 10.6. The van der Waals surface area contributed by atoms with Gasteiger partial charge in [-0.3, -0.25) is 4.79 Å². The van der Waals surface area contributed by atoms with Crippen LogP contribution in [-0.2, 0) is 11.3 Å². The van der Waals surface area contributed by atoms with Crippen LogP contribution in [0.3, 0.4) is 0 Å². The zero-order valence-corrected chi connectivity index (χ0v) is 10.9. The lowest BCUT2D eigenvalue weighted by molar-refractivity contribution is -0.137. The highest BCUT2D eigenvalue weighted by molar-refractivity contribution is 9.10. The maximum atomic E-state index is 10.6. The second kappa shape index (κ2) is 4.89. The summed E-state index contributed by atoms with van der Waals surface area (Å²) in [4.78, 5) is 14.8. The number of rotatable bonds is 3. The predicted molar refractivity (Wildman–Crippen MR) is 68.0 cm³/mol. The number of nitrogens with zero attached hydrogens (tertiary/aromatic N) is 2. The number of hydrogen-bond acceptors (Lipinski definition) is 2. The molecule has 0 spiro atoms. The van der Waals surface area contributed by atoms with Gasteiger partial charge in [0.05, 0.1) is 6.33 Å². The molecule has 0 radical (unpaired) electrons. The fourth-order valence-electron chi connectivity index (χ4n) is 1.42. The smallest absolute Gasteiger partial charge is 0.323 e. The van der Waals surface area contributed by atoms with Gasteiger partial charge in [-0.2, -0.15) is 0 Å². The minimum absolute atomic E-state index is 0.124. The molecule has 0 aliphatic rings. The molecule has 0 aliphatic heterocycles. The van der Waals surface area contributed by atoms with E-state index in [1.54, 1.807) is 12.1 Å². The first kappa shape index (κ1) is 12.1. The van der Waals surface area contributed by atoms with Crippen molar-refractivity contribution in [3.05, 3.63) is 40.2 Å². The molecule has 6 heteroatoms. The van der Waals surface area contributed by atoms with Gasteiger partial charge in [-0.1, -0.05) is 23.7 Å². The molecule has 1 aromatic heterocycles. The summed E-state index contributed by atoms with van der Waals surface area (Å²) in [6.45, 7) is -0.124. The van der Waals surface area contributed by atoms with Gasteiger partial charge in [0, 0.05) is 10.6 Å². The van der Waals surface area contributed by atoms with Gasteiger partial charge in [0.2, 0.25) is 0 Å². The lowest BCUT2D eigenvalue weighted by Gasteiger charge is -2.01. The highest BCUT2D eigenvalue weighted by atomic mass is 79.9. The van der Waals surface area contributed by atoms with E-state index in [1.807, 2.05) is 12.1 Å². The Morgan fingerprint density at radius 3 is 2.65 bits per heavy atom. The number of aromatic nitrogens is 2. The van der Waals surface area contributed by atoms with Crippen molar-refractivity contribution < 1.29 is 9.90 Å². The van der Waals surface area contributed by atoms with E-state index in [9.17, 15) is 4.79 Å². The van der Waals surface area contributed by atoms with Gasteiger partial charge in [0.15, 0.2) is 0 Å². The molecule has 0 saturated carbocycles. The molecule has 0 bridgehead atoms. The highest BCUT2D eigenvalue weighted by Crippen LogP contribution is 2.27. The van der Waals surface area contributed by atoms with E-state index in [0.717, 1.165) is 5.56 Å². The fourth-order valence-corrected chi connectivity index (χ4v) is 2.10. The standard InChI is InChI=1S/C11H8BrClN2O2/c12-11-10(7-1-3-8(13)4-2-7)14-6-15(11)5-9(16)17/h1-4,6H,5H2,(H,16,17). The minimum atomic E-state index is -0.911. The van der Waals surface area contributed by atoms with Crippen LogP contribution in [0.15, 0.2) is 35.2 Å². The van der Waals surface area contributed by atoms with Gasteiger partial charge >= 0.3 is 5.97 Å². The van der Waals surface area contributed by atoms with Crippen molar-refractivity contribution in [3.8, 4) is 11.3 Å². The molecular weight excluding hydrogens is 307 g/mol. The SMILES string of the molecule is O=C(O)Cn1cnc(-c2ccc(Cl)cc2)c1Br. The predicted octanol–water partition coefficient (Wildman–Crippen LogP) is 3.05. The van der Waals surface area contributed by atoms with Gasteiger partial charge in [-0.25, -0.2) is 4.98 Å². The van der Waals surface area contributed by atoms with Crippen molar-refractivity contribution in [3.63, 3.8) is 0 Å². The van der Waals surface area contributed by atoms with Gasteiger partial charge in [0.1, 0.15) is 16.8 Å². The Hall–Kier alpha value is -1.33. The first-order chi connectivity index (χ1) is 8.08. The molecule has 0 aliphatic carbocycles. The monoisotopic (exact) mass is 314 g/mol. The molecule has 0 amide bonds. The topological polar surface area (TPSA) is 55.1 Å². The third-order valence-electron chi connectivity index (χ3n) is 2.20. The molecule has 2 rings (SSSR count). The summed E-state index contributed by atoms with van der Waals surface area (Å²) in [5.41, 5.74) is 1.58. The van der Waals surface area contributed by atoms with Crippen molar-refractivity contribution in [2.75, 3.05) is 0 Å². The van der Waals surface area contributed by atoms with Crippen molar-refractivity contribution in [1.82, 2.24) is 9.55 Å². The molecule has 4 nitrogen and oxygen atoms in total. The van der Waals surface area contributed by atoms with Crippen LogP contribution >= 0.6 is 27.5 Å². The summed E-state index contributed by atoms with van der Waals surface area (Å²) in [6, 6.07) is 7.19. The number of benzene rings is 1. The van der Waals surface area contributed by atoms with E-state index in [0.29, 0.717) is 15.3 Å². The van der Waals surface area contributed by atoms with E-state index in [1.165, 1.54) is 10.9 Å². The zero-order chi connectivity index (χ0) is 12.4. The van der Waals surface area contributed by atoms with E-state index in [2.05, 4.69) is 20.9 Å². The van der Waals surface area contributed by atoms with Crippen LogP contribution in [0.2, 0.25) is 5.02 Å². The van der Waals surface area contributed by atoms with E-state index in [-0.39, 0.29) is 6.54 Å². The Balaban J connectivity index is 2.37. The molecule has 88 valence electrons.